The van der Waals surface area contributed by atoms with E-state index in [9.17, 15) is 19.2 Å². The SMILES string of the molecule is CCC(=O)N[C@H](Cc1ccc(CNC(=O)[C@@H](NC(=O)OC(C)(C)C)C2CCCCCC2)cc1)C(=O)N1CCN(C)CC1. The second kappa shape index (κ2) is 15.9. The molecular formula is C32H51N5O5. The fourth-order valence-electron chi connectivity index (χ4n) is 5.55. The molecule has 1 saturated heterocycles. The van der Waals surface area contributed by atoms with Gasteiger partial charge in [0.05, 0.1) is 0 Å². The van der Waals surface area contributed by atoms with Gasteiger partial charge in [-0.3, -0.25) is 14.4 Å². The summed E-state index contributed by atoms with van der Waals surface area (Å²) in [6.07, 6.45) is 6.30. The molecule has 0 bridgehead atoms. The number of hydrogen-bond donors (Lipinski definition) is 3. The lowest BCUT2D eigenvalue weighted by atomic mass is 9.91. The molecule has 0 aromatic heterocycles. The van der Waals surface area contributed by atoms with Gasteiger partial charge in [-0.1, -0.05) is 56.9 Å². The van der Waals surface area contributed by atoms with Crippen LogP contribution in [0.1, 0.15) is 83.8 Å². The summed E-state index contributed by atoms with van der Waals surface area (Å²) in [5, 5.41) is 8.77. The van der Waals surface area contributed by atoms with E-state index in [1.807, 2.05) is 36.2 Å². The first kappa shape index (κ1) is 33.4. The molecule has 1 aromatic rings. The molecule has 3 rings (SSSR count). The van der Waals surface area contributed by atoms with Gasteiger partial charge in [0, 0.05) is 45.6 Å². The van der Waals surface area contributed by atoms with Gasteiger partial charge in [0.25, 0.3) is 0 Å². The Bertz CT molecular complexity index is 1040. The van der Waals surface area contributed by atoms with Crippen molar-refractivity contribution in [3.63, 3.8) is 0 Å². The summed E-state index contributed by atoms with van der Waals surface area (Å²) in [4.78, 5) is 55.5. The molecule has 10 heteroatoms. The Morgan fingerprint density at radius 2 is 1.50 bits per heavy atom. The van der Waals surface area contributed by atoms with Crippen molar-refractivity contribution < 1.29 is 23.9 Å². The largest absolute Gasteiger partial charge is 0.444 e. The smallest absolute Gasteiger partial charge is 0.408 e. The third kappa shape index (κ3) is 10.9. The summed E-state index contributed by atoms with van der Waals surface area (Å²) in [5.41, 5.74) is 1.18. The van der Waals surface area contributed by atoms with Gasteiger partial charge in [-0.25, -0.2) is 4.79 Å². The van der Waals surface area contributed by atoms with E-state index < -0.39 is 23.8 Å². The number of nitrogens with zero attached hydrogens (tertiary/aromatic N) is 2. The number of carbonyl (C=O) groups is 4. The Morgan fingerprint density at radius 1 is 0.905 bits per heavy atom. The van der Waals surface area contributed by atoms with E-state index in [-0.39, 0.29) is 23.6 Å². The van der Waals surface area contributed by atoms with Crippen LogP contribution in [-0.4, -0.2) is 84.5 Å². The molecule has 1 saturated carbocycles. The Hall–Kier alpha value is -3.14. The number of piperazine rings is 1. The lowest BCUT2D eigenvalue weighted by Gasteiger charge is -2.34. The van der Waals surface area contributed by atoms with Crippen molar-refractivity contribution in [3.05, 3.63) is 35.4 Å². The summed E-state index contributed by atoms with van der Waals surface area (Å²) in [5.74, 6) is -0.347. The number of alkyl carbamates (subject to hydrolysis) is 1. The second-order valence-corrected chi connectivity index (χ2v) is 12.7. The normalized spacial score (nSPS) is 18.4. The van der Waals surface area contributed by atoms with E-state index >= 15 is 0 Å². The Labute approximate surface area is 251 Å². The molecule has 1 aliphatic heterocycles. The molecule has 42 heavy (non-hydrogen) atoms. The van der Waals surface area contributed by atoms with Crippen LogP contribution in [0.2, 0.25) is 0 Å². The molecule has 2 atom stereocenters. The van der Waals surface area contributed by atoms with E-state index in [0.29, 0.717) is 32.5 Å². The van der Waals surface area contributed by atoms with Crippen LogP contribution in [0.5, 0.6) is 0 Å². The highest BCUT2D eigenvalue weighted by molar-refractivity contribution is 5.88. The van der Waals surface area contributed by atoms with Crippen LogP contribution in [0.15, 0.2) is 24.3 Å². The van der Waals surface area contributed by atoms with Crippen LogP contribution in [0.25, 0.3) is 0 Å². The van der Waals surface area contributed by atoms with Crippen LogP contribution in [-0.2, 0) is 32.1 Å². The van der Waals surface area contributed by atoms with Gasteiger partial charge < -0.3 is 30.5 Å². The van der Waals surface area contributed by atoms with Crippen molar-refractivity contribution >= 4 is 23.8 Å². The zero-order valence-electron chi connectivity index (χ0n) is 26.2. The fourth-order valence-corrected chi connectivity index (χ4v) is 5.55. The van der Waals surface area contributed by atoms with Gasteiger partial charge >= 0.3 is 6.09 Å². The van der Waals surface area contributed by atoms with E-state index in [1.54, 1.807) is 27.7 Å². The quantitative estimate of drug-likeness (QED) is 0.362. The molecule has 3 N–H and O–H groups in total. The number of amides is 4. The molecule has 0 radical (unpaired) electrons. The molecule has 0 spiro atoms. The van der Waals surface area contributed by atoms with E-state index in [0.717, 1.165) is 62.7 Å². The Balaban J connectivity index is 1.62. The number of carbonyl (C=O) groups excluding carboxylic acids is 4. The van der Waals surface area contributed by atoms with Crippen LogP contribution >= 0.6 is 0 Å². The number of likely N-dealkylation sites (N-methyl/N-ethyl adjacent to an activating group) is 1. The highest BCUT2D eigenvalue weighted by atomic mass is 16.6. The third-order valence-electron chi connectivity index (χ3n) is 8.02. The lowest BCUT2D eigenvalue weighted by molar-refractivity contribution is -0.137. The van der Waals surface area contributed by atoms with Gasteiger partial charge in [-0.05, 0) is 57.7 Å². The monoisotopic (exact) mass is 585 g/mol. The highest BCUT2D eigenvalue weighted by Crippen LogP contribution is 2.26. The van der Waals surface area contributed by atoms with Crippen LogP contribution in [0, 0.1) is 5.92 Å². The molecule has 234 valence electrons. The van der Waals surface area contributed by atoms with E-state index in [1.165, 1.54) is 0 Å². The summed E-state index contributed by atoms with van der Waals surface area (Å²) in [7, 11) is 2.04. The zero-order chi connectivity index (χ0) is 30.7. The minimum atomic E-state index is -0.652. The first-order valence-electron chi connectivity index (χ1n) is 15.6. The van der Waals surface area contributed by atoms with Gasteiger partial charge in [-0.2, -0.15) is 0 Å². The minimum absolute atomic E-state index is 0.0525. The van der Waals surface area contributed by atoms with Crippen molar-refractivity contribution in [3.8, 4) is 0 Å². The zero-order valence-corrected chi connectivity index (χ0v) is 26.2. The predicted octanol–water partition coefficient (Wildman–Crippen LogP) is 3.38. The molecule has 4 amide bonds. The van der Waals surface area contributed by atoms with Crippen LogP contribution in [0.4, 0.5) is 4.79 Å². The van der Waals surface area contributed by atoms with Crippen molar-refractivity contribution in [2.24, 2.45) is 5.92 Å². The maximum absolute atomic E-state index is 13.4. The Morgan fingerprint density at radius 3 is 2.07 bits per heavy atom. The number of nitrogens with one attached hydrogen (secondary N) is 3. The average Bonchev–Trinajstić information content (AvgIpc) is 3.23. The number of benzene rings is 1. The summed E-state index contributed by atoms with van der Waals surface area (Å²) < 4.78 is 5.45. The summed E-state index contributed by atoms with van der Waals surface area (Å²) >= 11 is 0. The third-order valence-corrected chi connectivity index (χ3v) is 8.02. The van der Waals surface area contributed by atoms with Crippen molar-refractivity contribution in [1.82, 2.24) is 25.8 Å². The molecule has 1 heterocycles. The predicted molar refractivity (Wildman–Crippen MR) is 163 cm³/mol. The number of hydrogen-bond acceptors (Lipinski definition) is 6. The standard InChI is InChI=1S/C32H51N5O5/c1-6-27(38)34-26(30(40)37-19-17-36(5)18-20-37)21-23-13-15-24(16-14-23)22-33-29(39)28(25-11-9-7-8-10-12-25)35-31(41)42-32(2,3)4/h13-16,25-26,28H,6-12,17-22H2,1-5H3,(H,33,39)(H,34,38)(H,35,41)/t26-,28+/m1/s1. The van der Waals surface area contributed by atoms with Crippen molar-refractivity contribution in [1.29, 1.82) is 0 Å². The van der Waals surface area contributed by atoms with Crippen LogP contribution in [0.3, 0.4) is 0 Å². The second-order valence-electron chi connectivity index (χ2n) is 12.7. The molecule has 10 nitrogen and oxygen atoms in total. The van der Waals surface area contributed by atoms with Crippen molar-refractivity contribution in [2.45, 2.75) is 103 Å². The first-order valence-corrected chi connectivity index (χ1v) is 15.6. The van der Waals surface area contributed by atoms with Gasteiger partial charge in [0.1, 0.15) is 17.7 Å². The molecule has 2 aliphatic rings. The van der Waals surface area contributed by atoms with Gasteiger partial charge in [-0.15, -0.1) is 0 Å². The summed E-state index contributed by atoms with van der Waals surface area (Å²) in [6, 6.07) is 6.45. The molecular weight excluding hydrogens is 534 g/mol. The molecule has 1 aliphatic carbocycles. The van der Waals surface area contributed by atoms with E-state index in [2.05, 4.69) is 20.9 Å². The molecule has 1 aromatic carbocycles. The molecule has 0 unspecified atom stereocenters. The van der Waals surface area contributed by atoms with Gasteiger partial charge in [0.2, 0.25) is 17.7 Å². The van der Waals surface area contributed by atoms with Gasteiger partial charge in [0.15, 0.2) is 0 Å². The maximum atomic E-state index is 13.4. The minimum Gasteiger partial charge on any atom is -0.444 e. The maximum Gasteiger partial charge on any atom is 0.408 e. The molecule has 2 fully saturated rings. The van der Waals surface area contributed by atoms with E-state index in [4.69, 9.17) is 4.74 Å². The summed E-state index contributed by atoms with van der Waals surface area (Å²) in [6.45, 7) is 10.4. The number of ether oxygens (including phenoxy) is 1. The first-order chi connectivity index (χ1) is 19.9. The van der Waals surface area contributed by atoms with Crippen LogP contribution < -0.4 is 16.0 Å². The average molecular weight is 586 g/mol. The lowest BCUT2D eigenvalue weighted by Crippen LogP contribution is -2.54. The highest BCUT2D eigenvalue weighted by Gasteiger charge is 2.32. The number of rotatable bonds is 10. The van der Waals surface area contributed by atoms with Crippen molar-refractivity contribution in [2.75, 3.05) is 33.2 Å². The topological polar surface area (TPSA) is 120 Å². The Kier molecular flexibility index (Phi) is 12.6. The fraction of sp³-hybridized carbons (Fsp3) is 0.688.